The Labute approximate surface area is 158 Å². The Kier molecular flexibility index (Phi) is 4.31. The van der Waals surface area contributed by atoms with E-state index in [1.807, 2.05) is 24.5 Å². The van der Waals surface area contributed by atoms with Gasteiger partial charge in [0.2, 0.25) is 0 Å². The molecule has 1 unspecified atom stereocenters. The fourth-order valence-electron chi connectivity index (χ4n) is 3.20. The Hall–Kier alpha value is -0.926. The van der Waals surface area contributed by atoms with Gasteiger partial charge in [-0.2, -0.15) is 0 Å². The van der Waals surface area contributed by atoms with E-state index >= 15 is 0 Å². The zero-order chi connectivity index (χ0) is 15.5. The normalized spacial score (nSPS) is 28.5. The van der Waals surface area contributed by atoms with Crippen LogP contribution >= 0.6 is 0 Å². The van der Waals surface area contributed by atoms with E-state index in [2.05, 4.69) is 15.0 Å². The van der Waals surface area contributed by atoms with Crippen molar-refractivity contribution in [1.82, 2.24) is 19.5 Å². The molecule has 1 fully saturated rings. The summed E-state index contributed by atoms with van der Waals surface area (Å²) in [6.45, 7) is 3.66. The number of anilines is 1. The average molecular weight is 392 g/mol. The molecule has 2 aliphatic rings. The second-order valence-electron chi connectivity index (χ2n) is 5.99. The molecule has 2 aromatic rings. The molecule has 0 amide bonds. The number of hydrogen-bond acceptors (Lipinski definition) is 7. The molecule has 0 bridgehead atoms. The largest absolute Gasteiger partial charge is 0.392 e. The molecule has 3 atom stereocenters. The third-order valence-electron chi connectivity index (χ3n) is 4.11. The molecule has 8 nitrogen and oxygen atoms in total. The van der Waals surface area contributed by atoms with Crippen LogP contribution < -0.4 is 5.73 Å². The zero-order valence-electron chi connectivity index (χ0n) is 12.9. The molecule has 3 N–H and O–H groups in total. The van der Waals surface area contributed by atoms with Gasteiger partial charge in [-0.25, -0.2) is 15.0 Å². The van der Waals surface area contributed by atoms with Crippen molar-refractivity contribution in [1.29, 1.82) is 0 Å². The zero-order valence-corrected chi connectivity index (χ0v) is 15.7. The summed E-state index contributed by atoms with van der Waals surface area (Å²) in [7, 11) is 0. The van der Waals surface area contributed by atoms with Crippen LogP contribution in [0.25, 0.3) is 11.2 Å². The third kappa shape index (κ3) is 2.62. The van der Waals surface area contributed by atoms with E-state index in [9.17, 15) is 5.11 Å². The van der Waals surface area contributed by atoms with Gasteiger partial charge in [0.05, 0.1) is 19.0 Å². The summed E-state index contributed by atoms with van der Waals surface area (Å²) < 4.78 is 13.8. The molecule has 9 heteroatoms. The van der Waals surface area contributed by atoms with Gasteiger partial charge in [-0.3, -0.25) is 0 Å². The van der Waals surface area contributed by atoms with Gasteiger partial charge in [0, 0.05) is 32.7 Å². The number of aliphatic hydroxyl groups is 1. The number of rotatable bonds is 2. The minimum Gasteiger partial charge on any atom is -0.392 e. The molecule has 0 aromatic carbocycles. The average Bonchev–Trinajstić information content (AvgIpc) is 3.10. The Morgan fingerprint density at radius 2 is 2.09 bits per heavy atom. The van der Waals surface area contributed by atoms with Crippen LogP contribution in [-0.2, 0) is 42.2 Å². The van der Waals surface area contributed by atoms with Gasteiger partial charge < -0.3 is 24.9 Å². The number of nitrogens with zero attached hydrogens (tertiary/aromatic N) is 4. The first-order valence-corrected chi connectivity index (χ1v) is 7.10. The van der Waals surface area contributed by atoms with Crippen LogP contribution in [0.15, 0.2) is 24.3 Å². The topological polar surface area (TPSA) is 108 Å². The van der Waals surface area contributed by atoms with Crippen molar-refractivity contribution in [2.75, 3.05) is 12.3 Å². The summed E-state index contributed by atoms with van der Waals surface area (Å²) in [4.78, 5) is 12.5. The summed E-state index contributed by atoms with van der Waals surface area (Å²) in [5.74, 6) is -0.347. The van der Waals surface area contributed by atoms with Gasteiger partial charge in [0.25, 0.3) is 0 Å². The molecule has 119 valence electrons. The molecular weight excluding hydrogens is 375 g/mol. The monoisotopic (exact) mass is 392 g/mol. The van der Waals surface area contributed by atoms with Gasteiger partial charge in [0.1, 0.15) is 24.1 Å². The molecule has 1 saturated heterocycles. The summed E-state index contributed by atoms with van der Waals surface area (Å²) in [5.41, 5.74) is 7.84. The fourth-order valence-corrected chi connectivity index (χ4v) is 3.20. The maximum Gasteiger partial charge on any atom is 0.166 e. The van der Waals surface area contributed by atoms with Gasteiger partial charge >= 0.3 is 0 Å². The van der Waals surface area contributed by atoms with Crippen LogP contribution in [0.4, 0.5) is 5.82 Å². The maximum absolute atomic E-state index is 9.58. The van der Waals surface area contributed by atoms with Crippen LogP contribution in [0.3, 0.4) is 0 Å². The van der Waals surface area contributed by atoms with Gasteiger partial charge in [0.15, 0.2) is 17.3 Å². The Morgan fingerprint density at radius 1 is 1.30 bits per heavy atom. The minimum absolute atomic E-state index is 0. The van der Waals surface area contributed by atoms with Crippen LogP contribution in [0.1, 0.15) is 19.9 Å². The summed E-state index contributed by atoms with van der Waals surface area (Å²) in [6, 6.07) is -0.159. The standard InChI is InChI=1S/C14H17N5O3.Y/c1-14(2)21-10-7(4-20)3-8(11(10)22-14)19-6-18-9-12(15)16-5-17-13(9)19;/h3,5-6,8,10-11,20H,4H2,1-2H3,(H2,15,16,17);/t8-,10-,11?;/m1./s1. The minimum atomic E-state index is -0.688. The first-order valence-electron chi connectivity index (χ1n) is 7.10. The predicted octanol–water partition coefficient (Wildman–Crippen LogP) is 0.399. The van der Waals surface area contributed by atoms with E-state index in [1.54, 1.807) is 6.33 Å². The number of imidazole rings is 1. The van der Waals surface area contributed by atoms with E-state index < -0.39 is 5.79 Å². The number of nitrogens with two attached hydrogens (primary N) is 1. The maximum atomic E-state index is 9.58. The van der Waals surface area contributed by atoms with Crippen molar-refractivity contribution in [2.24, 2.45) is 0 Å². The van der Waals surface area contributed by atoms with E-state index in [0.717, 1.165) is 5.57 Å². The quantitative estimate of drug-likeness (QED) is 0.713. The molecule has 1 aliphatic heterocycles. The van der Waals surface area contributed by atoms with Gasteiger partial charge in [-0.05, 0) is 19.4 Å². The Bertz CT molecular complexity index is 775. The molecule has 4 rings (SSSR count). The second-order valence-corrected chi connectivity index (χ2v) is 5.99. The third-order valence-corrected chi connectivity index (χ3v) is 4.11. The Balaban J connectivity index is 0.00000156. The molecule has 0 saturated carbocycles. The molecule has 0 spiro atoms. The van der Waals surface area contributed by atoms with Gasteiger partial charge in [-0.15, -0.1) is 0 Å². The Morgan fingerprint density at radius 3 is 2.83 bits per heavy atom. The summed E-state index contributed by atoms with van der Waals surface area (Å²) in [6.07, 6.45) is 4.54. The first-order chi connectivity index (χ1) is 10.5. The molecule has 1 aliphatic carbocycles. The van der Waals surface area contributed by atoms with Crippen LogP contribution in [0, 0.1) is 0 Å². The van der Waals surface area contributed by atoms with Crippen LogP contribution in [0.2, 0.25) is 0 Å². The fraction of sp³-hybridized carbons (Fsp3) is 0.500. The van der Waals surface area contributed by atoms with Crippen molar-refractivity contribution in [3.05, 3.63) is 24.3 Å². The number of aromatic nitrogens is 4. The number of ether oxygens (including phenoxy) is 2. The number of hydrogen-bond donors (Lipinski definition) is 2. The molecule has 3 heterocycles. The number of nitrogen functional groups attached to an aromatic ring is 1. The molecule has 2 aromatic heterocycles. The SMILES string of the molecule is CC1(C)OC2[C@H](O1)C(CO)=C[C@H]2n1cnc2c(N)ncnc21.[Y]. The predicted molar refractivity (Wildman–Crippen MR) is 77.8 cm³/mol. The number of fused-ring (bicyclic) bond motifs is 2. The van der Waals surface area contributed by atoms with Crippen molar-refractivity contribution >= 4 is 17.0 Å². The van der Waals surface area contributed by atoms with Crippen molar-refractivity contribution in [3.8, 4) is 0 Å². The van der Waals surface area contributed by atoms with Gasteiger partial charge in [-0.1, -0.05) is 6.08 Å². The van der Waals surface area contributed by atoms with Crippen molar-refractivity contribution in [2.45, 2.75) is 37.9 Å². The number of aliphatic hydroxyl groups excluding tert-OH is 1. The molecule has 23 heavy (non-hydrogen) atoms. The smallest absolute Gasteiger partial charge is 0.166 e. The van der Waals surface area contributed by atoms with Crippen molar-refractivity contribution < 1.29 is 47.3 Å². The first kappa shape index (κ1) is 16.9. The van der Waals surface area contributed by atoms with E-state index in [-0.39, 0.29) is 57.6 Å². The van der Waals surface area contributed by atoms with E-state index in [0.29, 0.717) is 17.0 Å². The molecular formula is C14H17N5O3Y. The van der Waals surface area contributed by atoms with Crippen LogP contribution in [0.5, 0.6) is 0 Å². The van der Waals surface area contributed by atoms with E-state index in [4.69, 9.17) is 15.2 Å². The van der Waals surface area contributed by atoms with Crippen LogP contribution in [-0.4, -0.2) is 49.2 Å². The second kappa shape index (κ2) is 5.86. The summed E-state index contributed by atoms with van der Waals surface area (Å²) in [5, 5.41) is 9.58. The molecule has 1 radical (unpaired) electrons. The summed E-state index contributed by atoms with van der Waals surface area (Å²) >= 11 is 0. The van der Waals surface area contributed by atoms with E-state index in [1.165, 1.54) is 6.33 Å². The van der Waals surface area contributed by atoms with Crippen molar-refractivity contribution in [3.63, 3.8) is 0 Å².